The molecule has 2 N–H and O–H groups in total. The summed E-state index contributed by atoms with van der Waals surface area (Å²) in [6.07, 6.45) is 0.344. The summed E-state index contributed by atoms with van der Waals surface area (Å²) in [5, 5.41) is 5.74. The molecule has 0 bridgehead atoms. The third kappa shape index (κ3) is 7.23. The topological polar surface area (TPSA) is 89.1 Å². The Morgan fingerprint density at radius 2 is 1.50 bits per heavy atom. The van der Waals surface area contributed by atoms with Crippen molar-refractivity contribution < 1.29 is 23.8 Å². The first kappa shape index (κ1) is 26.6. The molecule has 8 heteroatoms. The van der Waals surface area contributed by atoms with E-state index in [2.05, 4.69) is 22.5 Å². The molecule has 0 aliphatic heterocycles. The normalized spacial score (nSPS) is 10.6. The maximum Gasteiger partial charge on any atom is 0.255 e. The van der Waals surface area contributed by atoms with Crippen LogP contribution >= 0.6 is 0 Å². The lowest BCUT2D eigenvalue weighted by atomic mass is 10.1. The van der Waals surface area contributed by atoms with Crippen LogP contribution in [0.3, 0.4) is 0 Å². The van der Waals surface area contributed by atoms with Gasteiger partial charge in [0.05, 0.1) is 27.0 Å². The summed E-state index contributed by atoms with van der Waals surface area (Å²) in [6.45, 7) is 4.17. The van der Waals surface area contributed by atoms with Gasteiger partial charge in [0.25, 0.3) is 5.91 Å². The summed E-state index contributed by atoms with van der Waals surface area (Å²) in [6, 6.07) is 19.8. The lowest BCUT2D eigenvalue weighted by Gasteiger charge is -2.21. The zero-order valence-corrected chi connectivity index (χ0v) is 21.2. The molecule has 0 radical (unpaired) electrons. The molecule has 36 heavy (non-hydrogen) atoms. The van der Waals surface area contributed by atoms with Gasteiger partial charge in [-0.05, 0) is 60.6 Å². The number of benzene rings is 3. The smallest absolute Gasteiger partial charge is 0.255 e. The molecule has 0 saturated carbocycles. The highest BCUT2D eigenvalue weighted by atomic mass is 16.5. The second-order valence-electron chi connectivity index (χ2n) is 8.09. The van der Waals surface area contributed by atoms with Gasteiger partial charge in [-0.3, -0.25) is 14.5 Å². The maximum atomic E-state index is 12.6. The van der Waals surface area contributed by atoms with Crippen LogP contribution in [0.15, 0.2) is 66.7 Å². The molecule has 0 aliphatic rings. The highest BCUT2D eigenvalue weighted by Crippen LogP contribution is 2.28. The Labute approximate surface area is 212 Å². The van der Waals surface area contributed by atoms with Crippen molar-refractivity contribution >= 4 is 23.2 Å². The minimum Gasteiger partial charge on any atom is -0.495 e. The molecule has 0 heterocycles. The molecule has 190 valence electrons. The van der Waals surface area contributed by atoms with E-state index < -0.39 is 0 Å². The Balaban J connectivity index is 1.51. The number of nitrogens with one attached hydrogen (secondary N) is 2. The molecule has 0 aliphatic carbocycles. The summed E-state index contributed by atoms with van der Waals surface area (Å²) in [5.41, 5.74) is 2.79. The predicted molar refractivity (Wildman–Crippen MR) is 141 cm³/mol. The van der Waals surface area contributed by atoms with E-state index in [-0.39, 0.29) is 11.8 Å². The van der Waals surface area contributed by atoms with E-state index in [1.807, 2.05) is 30.3 Å². The Kier molecular flexibility index (Phi) is 9.71. The monoisotopic (exact) mass is 491 g/mol. The van der Waals surface area contributed by atoms with Crippen LogP contribution in [0.25, 0.3) is 0 Å². The molecule has 3 rings (SSSR count). The van der Waals surface area contributed by atoms with E-state index in [1.165, 1.54) is 0 Å². The number of ether oxygens (including phenoxy) is 3. The van der Waals surface area contributed by atoms with E-state index in [9.17, 15) is 9.59 Å². The van der Waals surface area contributed by atoms with Gasteiger partial charge in [0.2, 0.25) is 5.91 Å². The van der Waals surface area contributed by atoms with E-state index in [1.54, 1.807) is 57.7 Å². The summed E-state index contributed by atoms with van der Waals surface area (Å²) >= 11 is 0. The lowest BCUT2D eigenvalue weighted by molar-refractivity contribution is -0.116. The summed E-state index contributed by atoms with van der Waals surface area (Å²) in [5.74, 6) is 1.61. The fourth-order valence-corrected chi connectivity index (χ4v) is 3.72. The van der Waals surface area contributed by atoms with Crippen LogP contribution in [0, 0.1) is 0 Å². The fraction of sp³-hybridized carbons (Fsp3) is 0.286. The van der Waals surface area contributed by atoms with Crippen LogP contribution in [0.4, 0.5) is 11.4 Å². The Bertz CT molecular complexity index is 1160. The van der Waals surface area contributed by atoms with Gasteiger partial charge >= 0.3 is 0 Å². The third-order valence-corrected chi connectivity index (χ3v) is 5.74. The molecule has 3 aromatic rings. The van der Waals surface area contributed by atoms with Crippen molar-refractivity contribution in [3.63, 3.8) is 0 Å². The number of hydrogen-bond acceptors (Lipinski definition) is 6. The van der Waals surface area contributed by atoms with E-state index in [4.69, 9.17) is 14.2 Å². The van der Waals surface area contributed by atoms with Gasteiger partial charge in [-0.2, -0.15) is 0 Å². The van der Waals surface area contributed by atoms with Crippen molar-refractivity contribution in [2.45, 2.75) is 19.9 Å². The van der Waals surface area contributed by atoms with Crippen molar-refractivity contribution in [3.8, 4) is 17.2 Å². The number of hydrogen-bond donors (Lipinski definition) is 2. The Morgan fingerprint density at radius 3 is 2.17 bits per heavy atom. The average molecular weight is 492 g/mol. The lowest BCUT2D eigenvalue weighted by Crippen LogP contribution is -2.27. The number of methoxy groups -OCH3 is 3. The summed E-state index contributed by atoms with van der Waals surface area (Å²) in [7, 11) is 4.78. The molecular weight excluding hydrogens is 458 g/mol. The van der Waals surface area contributed by atoms with Crippen LogP contribution in [0.5, 0.6) is 17.2 Å². The minimum atomic E-state index is -0.258. The SMILES string of the molecule is CCN(CCC(=O)Nc1ccc(C(=O)Nc2ccccc2OC)cc1)Cc1ccc(OC)c(OC)c1. The van der Waals surface area contributed by atoms with Gasteiger partial charge in [0.1, 0.15) is 5.75 Å². The number of anilines is 2. The molecule has 0 aromatic heterocycles. The standard InChI is InChI=1S/C28H33N3O5/c1-5-31(19-20-10-15-25(35-3)26(18-20)36-4)17-16-27(32)29-22-13-11-21(12-14-22)28(33)30-23-8-6-7-9-24(23)34-2/h6-15,18H,5,16-17,19H2,1-4H3,(H,29,32)(H,30,33). The van der Waals surface area contributed by atoms with Gasteiger partial charge in [-0.25, -0.2) is 0 Å². The number of rotatable bonds is 12. The first-order chi connectivity index (χ1) is 17.5. The number of nitrogens with zero attached hydrogens (tertiary/aromatic N) is 1. The zero-order valence-electron chi connectivity index (χ0n) is 21.2. The van der Waals surface area contributed by atoms with Gasteiger partial charge < -0.3 is 24.8 Å². The fourth-order valence-electron chi connectivity index (χ4n) is 3.72. The van der Waals surface area contributed by atoms with Crippen molar-refractivity contribution in [2.24, 2.45) is 0 Å². The predicted octanol–water partition coefficient (Wildman–Crippen LogP) is 4.82. The molecule has 0 atom stereocenters. The van der Waals surface area contributed by atoms with Crippen LogP contribution < -0.4 is 24.8 Å². The molecule has 0 saturated heterocycles. The van der Waals surface area contributed by atoms with E-state index >= 15 is 0 Å². The minimum absolute atomic E-state index is 0.0908. The molecular formula is C28H33N3O5. The van der Waals surface area contributed by atoms with E-state index in [0.717, 1.165) is 12.1 Å². The highest BCUT2D eigenvalue weighted by Gasteiger charge is 2.12. The van der Waals surface area contributed by atoms with Crippen molar-refractivity contribution in [3.05, 3.63) is 77.9 Å². The highest BCUT2D eigenvalue weighted by molar-refractivity contribution is 6.05. The van der Waals surface area contributed by atoms with Crippen molar-refractivity contribution in [2.75, 3.05) is 45.1 Å². The summed E-state index contributed by atoms with van der Waals surface area (Å²) < 4.78 is 15.9. The van der Waals surface area contributed by atoms with Crippen LogP contribution in [-0.2, 0) is 11.3 Å². The quantitative estimate of drug-likeness (QED) is 0.378. The molecule has 8 nitrogen and oxygen atoms in total. The number of carbonyl (C=O) groups is 2. The van der Waals surface area contributed by atoms with Crippen LogP contribution in [0.2, 0.25) is 0 Å². The second-order valence-corrected chi connectivity index (χ2v) is 8.09. The van der Waals surface area contributed by atoms with Gasteiger partial charge in [0, 0.05) is 30.8 Å². The summed E-state index contributed by atoms with van der Waals surface area (Å²) in [4.78, 5) is 27.3. The average Bonchev–Trinajstić information content (AvgIpc) is 2.91. The van der Waals surface area contributed by atoms with Crippen LogP contribution in [-0.4, -0.2) is 51.1 Å². The van der Waals surface area contributed by atoms with Crippen molar-refractivity contribution in [1.82, 2.24) is 4.90 Å². The van der Waals surface area contributed by atoms with Gasteiger partial charge in [-0.1, -0.05) is 25.1 Å². The number of carbonyl (C=O) groups excluding carboxylic acids is 2. The van der Waals surface area contributed by atoms with Crippen LogP contribution in [0.1, 0.15) is 29.3 Å². The molecule has 2 amide bonds. The third-order valence-electron chi connectivity index (χ3n) is 5.74. The van der Waals surface area contributed by atoms with E-state index in [0.29, 0.717) is 53.7 Å². The number of para-hydroxylation sites is 2. The Morgan fingerprint density at radius 1 is 0.806 bits per heavy atom. The van der Waals surface area contributed by atoms with Gasteiger partial charge in [-0.15, -0.1) is 0 Å². The molecule has 3 aromatic carbocycles. The first-order valence-electron chi connectivity index (χ1n) is 11.7. The second kappa shape index (κ2) is 13.2. The molecule has 0 spiro atoms. The number of amides is 2. The zero-order chi connectivity index (χ0) is 25.9. The van der Waals surface area contributed by atoms with Gasteiger partial charge in [0.15, 0.2) is 11.5 Å². The largest absolute Gasteiger partial charge is 0.495 e. The maximum absolute atomic E-state index is 12.6. The molecule has 0 fully saturated rings. The molecule has 0 unspecified atom stereocenters. The first-order valence-corrected chi connectivity index (χ1v) is 11.7. The van der Waals surface area contributed by atoms with Crippen molar-refractivity contribution in [1.29, 1.82) is 0 Å². The Hall–Kier alpha value is -4.04.